The van der Waals surface area contributed by atoms with E-state index in [0.717, 1.165) is 18.4 Å². The second-order valence-electron chi connectivity index (χ2n) is 4.18. The maximum atomic E-state index is 13.5. The summed E-state index contributed by atoms with van der Waals surface area (Å²) < 4.78 is 13.5. The molecule has 16 heavy (non-hydrogen) atoms. The molecular formula is C14H20FN. The van der Waals surface area contributed by atoms with Crippen molar-refractivity contribution in [2.45, 2.75) is 38.8 Å². The Bertz CT molecular complexity index is 335. The molecule has 2 heteroatoms. The van der Waals surface area contributed by atoms with E-state index in [9.17, 15) is 4.39 Å². The molecule has 0 radical (unpaired) electrons. The molecule has 0 aliphatic carbocycles. The van der Waals surface area contributed by atoms with Gasteiger partial charge in [0.2, 0.25) is 0 Å². The lowest BCUT2D eigenvalue weighted by Gasteiger charge is -2.20. The third-order valence-electron chi connectivity index (χ3n) is 2.71. The smallest absolute Gasteiger partial charge is 0.127 e. The van der Waals surface area contributed by atoms with Crippen molar-refractivity contribution in [3.63, 3.8) is 0 Å². The average molecular weight is 221 g/mol. The molecule has 1 aromatic carbocycles. The van der Waals surface area contributed by atoms with Crippen LogP contribution in [0.3, 0.4) is 0 Å². The van der Waals surface area contributed by atoms with Gasteiger partial charge in [0, 0.05) is 17.6 Å². The molecule has 0 bridgehead atoms. The van der Waals surface area contributed by atoms with Gasteiger partial charge in [-0.3, -0.25) is 0 Å². The Hall–Kier alpha value is -1.15. The van der Waals surface area contributed by atoms with Gasteiger partial charge in [0.05, 0.1) is 0 Å². The number of rotatable bonds is 6. The van der Waals surface area contributed by atoms with Gasteiger partial charge >= 0.3 is 0 Å². The van der Waals surface area contributed by atoms with Crippen LogP contribution in [0.15, 0.2) is 36.9 Å². The minimum atomic E-state index is -0.140. The molecular weight excluding hydrogens is 201 g/mol. The Kier molecular flexibility index (Phi) is 5.20. The number of hydrogen-bond acceptors (Lipinski definition) is 1. The van der Waals surface area contributed by atoms with E-state index in [1.807, 2.05) is 25.1 Å². The van der Waals surface area contributed by atoms with E-state index < -0.39 is 0 Å². The molecule has 0 aliphatic heterocycles. The van der Waals surface area contributed by atoms with E-state index >= 15 is 0 Å². The Morgan fingerprint density at radius 1 is 1.38 bits per heavy atom. The van der Waals surface area contributed by atoms with E-state index in [1.54, 1.807) is 6.07 Å². The molecule has 2 atom stereocenters. The fourth-order valence-electron chi connectivity index (χ4n) is 1.79. The number of allylic oxidation sites excluding steroid dienone is 1. The Balaban J connectivity index is 2.55. The van der Waals surface area contributed by atoms with Crippen molar-refractivity contribution in [1.29, 1.82) is 0 Å². The summed E-state index contributed by atoms with van der Waals surface area (Å²) >= 11 is 0. The van der Waals surface area contributed by atoms with E-state index in [-0.39, 0.29) is 11.9 Å². The highest BCUT2D eigenvalue weighted by molar-refractivity contribution is 5.20. The van der Waals surface area contributed by atoms with Crippen LogP contribution in [-0.2, 0) is 0 Å². The van der Waals surface area contributed by atoms with Crippen LogP contribution in [0.25, 0.3) is 0 Å². The van der Waals surface area contributed by atoms with Gasteiger partial charge in [-0.25, -0.2) is 4.39 Å². The molecule has 1 N–H and O–H groups in total. The zero-order chi connectivity index (χ0) is 12.0. The molecule has 0 saturated carbocycles. The first kappa shape index (κ1) is 12.9. The third kappa shape index (κ3) is 3.78. The fourth-order valence-corrected chi connectivity index (χ4v) is 1.79. The first-order valence-corrected chi connectivity index (χ1v) is 5.76. The van der Waals surface area contributed by atoms with Crippen LogP contribution >= 0.6 is 0 Å². The molecule has 0 amide bonds. The van der Waals surface area contributed by atoms with Gasteiger partial charge in [-0.1, -0.05) is 24.3 Å². The summed E-state index contributed by atoms with van der Waals surface area (Å²) in [7, 11) is 0. The summed E-state index contributed by atoms with van der Waals surface area (Å²) in [5.41, 5.74) is 0.730. The van der Waals surface area contributed by atoms with Crippen molar-refractivity contribution in [3.8, 4) is 0 Å². The van der Waals surface area contributed by atoms with Crippen molar-refractivity contribution in [2.24, 2.45) is 0 Å². The highest BCUT2D eigenvalue weighted by atomic mass is 19.1. The highest BCUT2D eigenvalue weighted by Gasteiger charge is 2.12. The monoisotopic (exact) mass is 221 g/mol. The quantitative estimate of drug-likeness (QED) is 0.720. The van der Waals surface area contributed by atoms with Gasteiger partial charge < -0.3 is 5.32 Å². The SMILES string of the molecule is C=CCCC(C)N[C@H](C)c1ccccc1F. The van der Waals surface area contributed by atoms with Crippen LogP contribution in [0.1, 0.15) is 38.3 Å². The summed E-state index contributed by atoms with van der Waals surface area (Å²) in [5, 5.41) is 3.38. The normalized spacial score (nSPS) is 14.4. The topological polar surface area (TPSA) is 12.0 Å². The zero-order valence-electron chi connectivity index (χ0n) is 10.0. The highest BCUT2D eigenvalue weighted by Crippen LogP contribution is 2.17. The first-order valence-electron chi connectivity index (χ1n) is 5.76. The van der Waals surface area contributed by atoms with Gasteiger partial charge in [0.1, 0.15) is 5.82 Å². The number of halogens is 1. The predicted octanol–water partition coefficient (Wildman–Crippen LogP) is 3.83. The summed E-state index contributed by atoms with van der Waals surface area (Å²) in [6, 6.07) is 7.32. The van der Waals surface area contributed by atoms with Gasteiger partial charge in [-0.2, -0.15) is 0 Å². The molecule has 0 saturated heterocycles. The fraction of sp³-hybridized carbons (Fsp3) is 0.429. The van der Waals surface area contributed by atoms with Crippen LogP contribution in [-0.4, -0.2) is 6.04 Å². The minimum absolute atomic E-state index is 0.0426. The second kappa shape index (κ2) is 6.44. The molecule has 0 heterocycles. The van der Waals surface area contributed by atoms with E-state index in [0.29, 0.717) is 6.04 Å². The maximum absolute atomic E-state index is 13.5. The summed E-state index contributed by atoms with van der Waals surface area (Å²) in [5.74, 6) is -0.140. The predicted molar refractivity (Wildman–Crippen MR) is 66.8 cm³/mol. The van der Waals surface area contributed by atoms with Gasteiger partial charge in [-0.15, -0.1) is 6.58 Å². The molecule has 88 valence electrons. The standard InChI is InChI=1S/C14H20FN/c1-4-5-8-11(2)16-12(3)13-9-6-7-10-14(13)15/h4,6-7,9-12,16H,1,5,8H2,2-3H3/t11?,12-/m1/s1. The van der Waals surface area contributed by atoms with Gasteiger partial charge in [0.25, 0.3) is 0 Å². The van der Waals surface area contributed by atoms with Crippen molar-refractivity contribution in [3.05, 3.63) is 48.3 Å². The van der Waals surface area contributed by atoms with Crippen LogP contribution in [0.2, 0.25) is 0 Å². The number of hydrogen-bond donors (Lipinski definition) is 1. The Labute approximate surface area is 97.4 Å². The molecule has 0 aliphatic rings. The Morgan fingerprint density at radius 2 is 2.06 bits per heavy atom. The van der Waals surface area contributed by atoms with Crippen molar-refractivity contribution in [1.82, 2.24) is 5.32 Å². The molecule has 0 spiro atoms. The molecule has 1 aromatic rings. The number of nitrogens with one attached hydrogen (secondary N) is 1. The molecule has 0 aromatic heterocycles. The lowest BCUT2D eigenvalue weighted by molar-refractivity contribution is 0.445. The first-order chi connectivity index (χ1) is 7.65. The summed E-state index contributed by atoms with van der Waals surface area (Å²) in [6.45, 7) is 7.80. The molecule has 1 nitrogen and oxygen atoms in total. The van der Waals surface area contributed by atoms with Crippen LogP contribution in [0.5, 0.6) is 0 Å². The van der Waals surface area contributed by atoms with E-state index in [2.05, 4.69) is 18.8 Å². The number of benzene rings is 1. The molecule has 1 unspecified atom stereocenters. The average Bonchev–Trinajstić information content (AvgIpc) is 2.26. The zero-order valence-corrected chi connectivity index (χ0v) is 10.0. The van der Waals surface area contributed by atoms with Gasteiger partial charge in [-0.05, 0) is 32.8 Å². The van der Waals surface area contributed by atoms with Crippen molar-refractivity contribution >= 4 is 0 Å². The van der Waals surface area contributed by atoms with E-state index in [4.69, 9.17) is 0 Å². The lowest BCUT2D eigenvalue weighted by Crippen LogP contribution is -2.29. The van der Waals surface area contributed by atoms with Crippen molar-refractivity contribution in [2.75, 3.05) is 0 Å². The van der Waals surface area contributed by atoms with Crippen LogP contribution in [0, 0.1) is 5.82 Å². The minimum Gasteiger partial charge on any atom is -0.308 e. The van der Waals surface area contributed by atoms with Crippen molar-refractivity contribution < 1.29 is 4.39 Å². The van der Waals surface area contributed by atoms with Crippen LogP contribution < -0.4 is 5.32 Å². The van der Waals surface area contributed by atoms with Crippen LogP contribution in [0.4, 0.5) is 4.39 Å². The van der Waals surface area contributed by atoms with E-state index in [1.165, 1.54) is 6.07 Å². The summed E-state index contributed by atoms with van der Waals surface area (Å²) in [4.78, 5) is 0. The molecule has 0 fully saturated rings. The maximum Gasteiger partial charge on any atom is 0.127 e. The Morgan fingerprint density at radius 3 is 2.69 bits per heavy atom. The largest absolute Gasteiger partial charge is 0.308 e. The second-order valence-corrected chi connectivity index (χ2v) is 4.18. The molecule has 1 rings (SSSR count). The lowest BCUT2D eigenvalue weighted by atomic mass is 10.1. The van der Waals surface area contributed by atoms with Gasteiger partial charge in [0.15, 0.2) is 0 Å². The summed E-state index contributed by atoms with van der Waals surface area (Å²) in [6.07, 6.45) is 3.92. The third-order valence-corrected chi connectivity index (χ3v) is 2.71.